The lowest BCUT2D eigenvalue weighted by Gasteiger charge is -2.20. The highest BCUT2D eigenvalue weighted by Gasteiger charge is 2.17. The number of carbonyl (C=O) groups is 3. The van der Waals surface area contributed by atoms with E-state index in [4.69, 9.17) is 0 Å². The molecule has 0 fully saturated rings. The fourth-order valence-electron chi connectivity index (χ4n) is 1.38. The van der Waals surface area contributed by atoms with E-state index in [1.165, 1.54) is 19.2 Å². The van der Waals surface area contributed by atoms with Gasteiger partial charge in [0.25, 0.3) is 5.91 Å². The molecule has 1 aromatic heterocycles. The minimum atomic E-state index is -0.487. The molecule has 7 heteroatoms. The van der Waals surface area contributed by atoms with E-state index in [-0.39, 0.29) is 18.0 Å². The maximum atomic E-state index is 11.8. The monoisotopic (exact) mass is 298 g/mol. The predicted octanol–water partition coefficient (Wildman–Crippen LogP) is 1.18. The first-order chi connectivity index (χ1) is 9.23. The first-order valence-corrected chi connectivity index (χ1v) is 6.82. The molecule has 1 aromatic rings. The molecule has 20 heavy (non-hydrogen) atoms. The molecule has 0 aliphatic heterocycles. The number of esters is 1. The molecular weight excluding hydrogens is 280 g/mol. The largest absolute Gasteiger partial charge is 0.465 e. The highest BCUT2D eigenvalue weighted by Crippen LogP contribution is 2.17. The molecule has 0 saturated carbocycles. The van der Waals surface area contributed by atoms with Gasteiger partial charge in [-0.05, 0) is 32.9 Å². The number of nitrogens with one attached hydrogen (secondary N) is 2. The molecule has 2 amide bonds. The Morgan fingerprint density at radius 2 is 1.80 bits per heavy atom. The Morgan fingerprint density at radius 3 is 2.35 bits per heavy atom. The molecule has 6 nitrogen and oxygen atoms in total. The molecule has 0 spiro atoms. The molecule has 1 heterocycles. The van der Waals surface area contributed by atoms with Crippen molar-refractivity contribution in [3.63, 3.8) is 0 Å². The molecule has 2 N–H and O–H groups in total. The normalized spacial score (nSPS) is 10.8. The second kappa shape index (κ2) is 6.51. The molecule has 0 aromatic carbocycles. The van der Waals surface area contributed by atoms with Gasteiger partial charge in [0.1, 0.15) is 4.88 Å². The Labute approximate surface area is 121 Å². The van der Waals surface area contributed by atoms with Crippen LogP contribution in [-0.4, -0.2) is 37.0 Å². The lowest BCUT2D eigenvalue weighted by molar-refractivity contribution is -0.121. The van der Waals surface area contributed by atoms with E-state index in [9.17, 15) is 14.4 Å². The summed E-state index contributed by atoms with van der Waals surface area (Å²) in [6.07, 6.45) is 0. The van der Waals surface area contributed by atoms with Gasteiger partial charge in [-0.2, -0.15) is 0 Å². The topological polar surface area (TPSA) is 84.5 Å². The van der Waals surface area contributed by atoms with Gasteiger partial charge in [-0.25, -0.2) is 4.79 Å². The van der Waals surface area contributed by atoms with Gasteiger partial charge in [0.05, 0.1) is 18.5 Å². The van der Waals surface area contributed by atoms with Crippen LogP contribution in [0, 0.1) is 0 Å². The Morgan fingerprint density at radius 1 is 1.20 bits per heavy atom. The number of amides is 2. The first kappa shape index (κ1) is 16.2. The average Bonchev–Trinajstić information content (AvgIpc) is 2.82. The number of methoxy groups -OCH3 is 1. The van der Waals surface area contributed by atoms with Gasteiger partial charge < -0.3 is 15.4 Å². The lowest BCUT2D eigenvalue weighted by atomic mass is 10.1. The third-order valence-corrected chi connectivity index (χ3v) is 3.20. The van der Waals surface area contributed by atoms with Gasteiger partial charge in [-0.1, -0.05) is 0 Å². The standard InChI is InChI=1S/C13H18N2O4S/c1-13(2,3)15-10(16)7-14-11(17)8-5-6-9(20-8)12(18)19-4/h5-6H,7H2,1-4H3,(H,14,17)(H,15,16). The van der Waals surface area contributed by atoms with Crippen molar-refractivity contribution in [3.05, 3.63) is 21.9 Å². The summed E-state index contributed by atoms with van der Waals surface area (Å²) in [7, 11) is 1.28. The third-order valence-electron chi connectivity index (χ3n) is 2.14. The highest BCUT2D eigenvalue weighted by molar-refractivity contribution is 7.15. The molecule has 0 saturated heterocycles. The lowest BCUT2D eigenvalue weighted by Crippen LogP contribution is -2.45. The van der Waals surface area contributed by atoms with Gasteiger partial charge in [-0.3, -0.25) is 9.59 Å². The average molecular weight is 298 g/mol. The fourth-order valence-corrected chi connectivity index (χ4v) is 2.22. The predicted molar refractivity (Wildman–Crippen MR) is 75.9 cm³/mol. The number of rotatable bonds is 4. The van der Waals surface area contributed by atoms with E-state index < -0.39 is 11.9 Å². The van der Waals surface area contributed by atoms with Crippen LogP contribution in [0.1, 0.15) is 40.1 Å². The molecule has 0 atom stereocenters. The molecule has 1 rings (SSSR count). The van der Waals surface area contributed by atoms with Gasteiger partial charge in [0, 0.05) is 5.54 Å². The van der Waals surface area contributed by atoms with E-state index in [1.54, 1.807) is 0 Å². The molecular formula is C13H18N2O4S. The van der Waals surface area contributed by atoms with Gasteiger partial charge in [-0.15, -0.1) is 11.3 Å². The van der Waals surface area contributed by atoms with Crippen LogP contribution >= 0.6 is 11.3 Å². The second-order valence-corrected chi connectivity index (χ2v) is 6.22. The van der Waals surface area contributed by atoms with E-state index in [1.807, 2.05) is 20.8 Å². The summed E-state index contributed by atoms with van der Waals surface area (Å²) < 4.78 is 4.56. The van der Waals surface area contributed by atoms with Gasteiger partial charge in [0.2, 0.25) is 5.91 Å². The van der Waals surface area contributed by atoms with Crippen molar-refractivity contribution in [3.8, 4) is 0 Å². The number of hydrogen-bond acceptors (Lipinski definition) is 5. The minimum Gasteiger partial charge on any atom is -0.465 e. The zero-order valence-electron chi connectivity index (χ0n) is 11.9. The fraction of sp³-hybridized carbons (Fsp3) is 0.462. The van der Waals surface area contributed by atoms with Crippen molar-refractivity contribution in [2.24, 2.45) is 0 Å². The van der Waals surface area contributed by atoms with Crippen molar-refractivity contribution in [1.82, 2.24) is 10.6 Å². The smallest absolute Gasteiger partial charge is 0.348 e. The van der Waals surface area contributed by atoms with Crippen LogP contribution in [0.4, 0.5) is 0 Å². The third kappa shape index (κ3) is 5.00. The second-order valence-electron chi connectivity index (χ2n) is 5.14. The van der Waals surface area contributed by atoms with Crippen molar-refractivity contribution in [1.29, 1.82) is 0 Å². The van der Waals surface area contributed by atoms with Crippen LogP contribution in [0.5, 0.6) is 0 Å². The first-order valence-electron chi connectivity index (χ1n) is 6.00. The SMILES string of the molecule is COC(=O)c1ccc(C(=O)NCC(=O)NC(C)(C)C)s1. The van der Waals surface area contributed by atoms with Crippen LogP contribution < -0.4 is 10.6 Å². The zero-order valence-corrected chi connectivity index (χ0v) is 12.7. The van der Waals surface area contributed by atoms with Crippen LogP contribution in [0.2, 0.25) is 0 Å². The van der Waals surface area contributed by atoms with E-state index >= 15 is 0 Å². The number of carbonyl (C=O) groups excluding carboxylic acids is 3. The Balaban J connectivity index is 2.53. The molecule has 0 unspecified atom stereocenters. The molecule has 0 radical (unpaired) electrons. The summed E-state index contributed by atoms with van der Waals surface area (Å²) in [6, 6.07) is 3.04. The van der Waals surface area contributed by atoms with Gasteiger partial charge in [0.15, 0.2) is 0 Å². The number of ether oxygens (including phenoxy) is 1. The van der Waals surface area contributed by atoms with Crippen LogP contribution in [0.15, 0.2) is 12.1 Å². The molecule has 0 aliphatic carbocycles. The Kier molecular flexibility index (Phi) is 5.26. The molecule has 0 aliphatic rings. The quantitative estimate of drug-likeness (QED) is 0.818. The zero-order chi connectivity index (χ0) is 15.3. The minimum absolute atomic E-state index is 0.110. The summed E-state index contributed by atoms with van der Waals surface area (Å²) in [6.45, 7) is 5.46. The van der Waals surface area contributed by atoms with Crippen molar-refractivity contribution in [2.45, 2.75) is 26.3 Å². The molecule has 0 bridgehead atoms. The van der Waals surface area contributed by atoms with Crippen molar-refractivity contribution < 1.29 is 19.1 Å². The molecule has 110 valence electrons. The number of thiophene rings is 1. The van der Waals surface area contributed by atoms with Crippen LogP contribution in [0.3, 0.4) is 0 Å². The summed E-state index contributed by atoms with van der Waals surface area (Å²) in [5.74, 6) is -1.15. The summed E-state index contributed by atoms with van der Waals surface area (Å²) >= 11 is 1.02. The summed E-state index contributed by atoms with van der Waals surface area (Å²) in [5, 5.41) is 5.23. The highest BCUT2D eigenvalue weighted by atomic mass is 32.1. The van der Waals surface area contributed by atoms with Crippen molar-refractivity contribution >= 4 is 29.1 Å². The van der Waals surface area contributed by atoms with Crippen LogP contribution in [0.25, 0.3) is 0 Å². The van der Waals surface area contributed by atoms with Gasteiger partial charge >= 0.3 is 5.97 Å². The van der Waals surface area contributed by atoms with Crippen molar-refractivity contribution in [2.75, 3.05) is 13.7 Å². The number of hydrogen-bond donors (Lipinski definition) is 2. The summed E-state index contributed by atoms with van der Waals surface area (Å²) in [4.78, 5) is 35.3. The van der Waals surface area contributed by atoms with E-state index in [2.05, 4.69) is 15.4 Å². The van der Waals surface area contributed by atoms with E-state index in [0.717, 1.165) is 11.3 Å². The Bertz CT molecular complexity index is 517. The van der Waals surface area contributed by atoms with E-state index in [0.29, 0.717) is 9.75 Å². The Hall–Kier alpha value is -1.89. The maximum absolute atomic E-state index is 11.8. The maximum Gasteiger partial charge on any atom is 0.348 e. The van der Waals surface area contributed by atoms with Crippen LogP contribution in [-0.2, 0) is 9.53 Å². The summed E-state index contributed by atoms with van der Waals surface area (Å²) in [5.41, 5.74) is -0.344.